The Labute approximate surface area is 201 Å². The van der Waals surface area contributed by atoms with Crippen molar-refractivity contribution in [2.75, 3.05) is 12.3 Å². The van der Waals surface area contributed by atoms with Crippen LogP contribution in [-0.2, 0) is 11.8 Å². The number of carbonyl (C=O) groups excluding carboxylic acids is 1. The first-order valence-electron chi connectivity index (χ1n) is 11.4. The lowest BCUT2D eigenvalue weighted by molar-refractivity contribution is -0.277. The molecule has 3 N–H and O–H groups in total. The van der Waals surface area contributed by atoms with Gasteiger partial charge >= 0.3 is 12.4 Å². The molecule has 2 aliphatic rings. The molecule has 198 valence electrons. The van der Waals surface area contributed by atoms with E-state index in [2.05, 4.69) is 15.2 Å². The van der Waals surface area contributed by atoms with Crippen LogP contribution in [0.5, 0.6) is 0 Å². The number of nitrogens with two attached hydrogens (primary N) is 1. The molecule has 2 aromatic rings. The molecule has 36 heavy (non-hydrogen) atoms. The summed E-state index contributed by atoms with van der Waals surface area (Å²) in [5.74, 6) is -2.90. The highest BCUT2D eigenvalue weighted by Crippen LogP contribution is 2.46. The van der Waals surface area contributed by atoms with E-state index in [0.717, 1.165) is 0 Å². The summed E-state index contributed by atoms with van der Waals surface area (Å²) in [6, 6.07) is 0.121. The summed E-state index contributed by atoms with van der Waals surface area (Å²) in [6.07, 6.45) is -9.61. The normalized spacial score (nSPS) is 23.8. The van der Waals surface area contributed by atoms with Gasteiger partial charge in [-0.3, -0.25) is 4.79 Å². The fourth-order valence-electron chi connectivity index (χ4n) is 4.80. The van der Waals surface area contributed by atoms with Crippen LogP contribution in [0.3, 0.4) is 0 Å². The number of anilines is 1. The highest BCUT2D eigenvalue weighted by molar-refractivity contribution is 5.95. The van der Waals surface area contributed by atoms with E-state index in [1.165, 1.54) is 4.90 Å². The molecule has 8 nitrogen and oxygen atoms in total. The molecule has 1 aliphatic carbocycles. The number of hydrogen-bond acceptors (Lipinski definition) is 7. The van der Waals surface area contributed by atoms with Gasteiger partial charge in [-0.15, -0.1) is 10.2 Å². The van der Waals surface area contributed by atoms with Crippen LogP contribution < -0.4 is 5.73 Å². The van der Waals surface area contributed by atoms with E-state index in [1.54, 1.807) is 0 Å². The zero-order valence-corrected chi connectivity index (χ0v) is 19.5. The summed E-state index contributed by atoms with van der Waals surface area (Å²) in [7, 11) is 0. The van der Waals surface area contributed by atoms with Crippen LogP contribution in [0.4, 0.5) is 32.0 Å². The number of nitrogen functional groups attached to an aromatic ring is 1. The average Bonchev–Trinajstić information content (AvgIpc) is 3.22. The molecule has 14 heteroatoms. The molecule has 0 unspecified atom stereocenters. The van der Waals surface area contributed by atoms with E-state index in [-0.39, 0.29) is 37.3 Å². The number of carbonyl (C=O) groups is 1. The number of alkyl halides is 6. The second-order valence-electron chi connectivity index (χ2n) is 10.1. The van der Waals surface area contributed by atoms with E-state index in [4.69, 9.17) is 10.2 Å². The summed E-state index contributed by atoms with van der Waals surface area (Å²) in [5, 5.41) is 17.2. The van der Waals surface area contributed by atoms with Gasteiger partial charge in [-0.2, -0.15) is 26.3 Å². The SMILES string of the molecule is CC1(C)CC(N2CCCCC[C@](O)(C(F)(F)F)c3nnc(o3)-c3nc(c(C(F)(F)F)cc3N)C2=O)C1. The Balaban J connectivity index is 1.87. The van der Waals surface area contributed by atoms with E-state index in [0.29, 0.717) is 18.9 Å². The number of amides is 1. The summed E-state index contributed by atoms with van der Waals surface area (Å²) in [4.78, 5) is 18.6. The number of halogens is 6. The van der Waals surface area contributed by atoms with E-state index < -0.39 is 64.7 Å². The Kier molecular flexibility index (Phi) is 6.25. The van der Waals surface area contributed by atoms with Crippen molar-refractivity contribution in [2.45, 2.75) is 76.4 Å². The van der Waals surface area contributed by atoms with Crippen molar-refractivity contribution < 1.29 is 40.7 Å². The monoisotopic (exact) mass is 521 g/mol. The molecule has 0 aromatic carbocycles. The molecule has 1 fully saturated rings. The standard InChI is InChI=1S/C22H25F6N5O3/c1-19(2)9-11(10-19)33-7-5-3-4-6-20(35,22(26,27)28)18-32-31-16(36-18)15-13(29)8-12(21(23,24)25)14(30-15)17(33)34/h8,11,35H,3-7,9-10,29H2,1-2H3/t20-/m1/s1. The quantitative estimate of drug-likeness (QED) is 0.523. The molecule has 3 heterocycles. The molecule has 1 aliphatic heterocycles. The highest BCUT2D eigenvalue weighted by atomic mass is 19.4. The van der Waals surface area contributed by atoms with Gasteiger partial charge in [-0.25, -0.2) is 4.98 Å². The molecule has 4 rings (SSSR count). The molecule has 0 radical (unpaired) electrons. The largest absolute Gasteiger partial charge is 0.426 e. The van der Waals surface area contributed by atoms with Crippen LogP contribution in [0.25, 0.3) is 11.6 Å². The third kappa shape index (κ3) is 4.62. The van der Waals surface area contributed by atoms with Crippen LogP contribution in [0.15, 0.2) is 10.5 Å². The van der Waals surface area contributed by atoms with Crippen molar-refractivity contribution in [3.63, 3.8) is 0 Å². The van der Waals surface area contributed by atoms with E-state index in [1.807, 2.05) is 13.8 Å². The molecule has 4 bridgehead atoms. The highest BCUT2D eigenvalue weighted by Gasteiger charge is 2.58. The van der Waals surface area contributed by atoms with Crippen LogP contribution in [0.1, 0.15) is 74.3 Å². The van der Waals surface area contributed by atoms with Gasteiger partial charge in [0, 0.05) is 12.6 Å². The molecule has 0 saturated heterocycles. The number of pyridine rings is 1. The van der Waals surface area contributed by atoms with Gasteiger partial charge in [0.05, 0.1) is 11.3 Å². The number of aromatic nitrogens is 3. The first kappa shape index (κ1) is 26.2. The van der Waals surface area contributed by atoms with Crippen molar-refractivity contribution in [1.82, 2.24) is 20.1 Å². The predicted octanol–water partition coefficient (Wildman–Crippen LogP) is 4.69. The fraction of sp³-hybridized carbons (Fsp3) is 0.636. The third-order valence-electron chi connectivity index (χ3n) is 6.73. The zero-order valence-electron chi connectivity index (χ0n) is 19.5. The summed E-state index contributed by atoms with van der Waals surface area (Å²) in [6.45, 7) is 3.94. The van der Waals surface area contributed by atoms with Gasteiger partial charge in [-0.1, -0.05) is 20.3 Å². The Bertz CT molecular complexity index is 1150. The van der Waals surface area contributed by atoms with Crippen molar-refractivity contribution in [2.24, 2.45) is 5.41 Å². The second-order valence-corrected chi connectivity index (χ2v) is 10.1. The molecule has 1 saturated carbocycles. The molecule has 1 atom stereocenters. The second kappa shape index (κ2) is 8.60. The molecular formula is C22H25F6N5O3. The molecular weight excluding hydrogens is 496 g/mol. The zero-order chi connectivity index (χ0) is 26.7. The van der Waals surface area contributed by atoms with Gasteiger partial charge in [0.15, 0.2) is 5.69 Å². The number of hydrogen-bond donors (Lipinski definition) is 2. The van der Waals surface area contributed by atoms with Gasteiger partial charge < -0.3 is 20.2 Å². The number of nitrogens with zero attached hydrogens (tertiary/aromatic N) is 4. The molecule has 2 aromatic heterocycles. The van der Waals surface area contributed by atoms with Crippen molar-refractivity contribution >= 4 is 11.6 Å². The lowest BCUT2D eigenvalue weighted by Crippen LogP contribution is -2.51. The lowest BCUT2D eigenvalue weighted by atomic mass is 9.67. The minimum absolute atomic E-state index is 0.0150. The maximum atomic E-state index is 13.9. The van der Waals surface area contributed by atoms with Gasteiger partial charge in [-0.05, 0) is 43.6 Å². The minimum Gasteiger partial charge on any atom is -0.416 e. The first-order valence-corrected chi connectivity index (χ1v) is 11.4. The van der Waals surface area contributed by atoms with Crippen LogP contribution in [0, 0.1) is 5.41 Å². The van der Waals surface area contributed by atoms with E-state index >= 15 is 0 Å². The third-order valence-corrected chi connectivity index (χ3v) is 6.73. The Morgan fingerprint density at radius 3 is 2.33 bits per heavy atom. The van der Waals surface area contributed by atoms with Crippen LogP contribution in [-0.4, -0.2) is 49.9 Å². The van der Waals surface area contributed by atoms with Gasteiger partial charge in [0.25, 0.3) is 17.7 Å². The fourth-order valence-corrected chi connectivity index (χ4v) is 4.80. The molecule has 0 spiro atoms. The summed E-state index contributed by atoms with van der Waals surface area (Å²) in [5.41, 5.74) is -1.40. The van der Waals surface area contributed by atoms with Gasteiger partial charge in [0.1, 0.15) is 5.69 Å². The van der Waals surface area contributed by atoms with E-state index in [9.17, 15) is 36.2 Å². The lowest BCUT2D eigenvalue weighted by Gasteiger charge is -2.48. The Hall–Kier alpha value is -2.90. The Morgan fingerprint density at radius 1 is 1.08 bits per heavy atom. The number of fused-ring (bicyclic) bond motifs is 5. The van der Waals surface area contributed by atoms with Crippen LogP contribution >= 0.6 is 0 Å². The van der Waals surface area contributed by atoms with Crippen LogP contribution in [0.2, 0.25) is 0 Å². The van der Waals surface area contributed by atoms with Crippen molar-refractivity contribution in [1.29, 1.82) is 0 Å². The number of rotatable bonds is 1. The first-order chi connectivity index (χ1) is 16.5. The van der Waals surface area contributed by atoms with Crippen molar-refractivity contribution in [3.8, 4) is 11.6 Å². The van der Waals surface area contributed by atoms with Crippen molar-refractivity contribution in [3.05, 3.63) is 23.2 Å². The minimum atomic E-state index is -5.17. The summed E-state index contributed by atoms with van der Waals surface area (Å²) < 4.78 is 88.1. The average molecular weight is 521 g/mol. The number of aliphatic hydroxyl groups is 1. The topological polar surface area (TPSA) is 118 Å². The summed E-state index contributed by atoms with van der Waals surface area (Å²) >= 11 is 0. The maximum Gasteiger partial charge on any atom is 0.426 e. The Morgan fingerprint density at radius 2 is 1.75 bits per heavy atom. The van der Waals surface area contributed by atoms with Gasteiger partial charge in [0.2, 0.25) is 5.60 Å². The maximum absolute atomic E-state index is 13.9. The molecule has 1 amide bonds. The smallest absolute Gasteiger partial charge is 0.416 e. The predicted molar refractivity (Wildman–Crippen MR) is 113 cm³/mol.